The Morgan fingerprint density at radius 1 is 1.31 bits per heavy atom. The first-order valence-electron chi connectivity index (χ1n) is 5.59. The molecule has 1 aliphatic heterocycles. The number of rotatable bonds is 1. The van der Waals surface area contributed by atoms with Crippen LogP contribution in [0.2, 0.25) is 5.15 Å². The zero-order chi connectivity index (χ0) is 11.7. The predicted octanol–water partition coefficient (Wildman–Crippen LogP) is 2.19. The molecule has 0 saturated carbocycles. The molecule has 1 aliphatic rings. The Kier molecular flexibility index (Phi) is 3.19. The molecule has 0 amide bonds. The van der Waals surface area contributed by atoms with E-state index in [2.05, 4.69) is 28.7 Å². The fraction of sp³-hybridized carbons (Fsp3) is 0.636. The van der Waals surface area contributed by atoms with Gasteiger partial charge in [-0.2, -0.15) is 0 Å². The number of nitrogens with two attached hydrogens (primary N) is 1. The van der Waals surface area contributed by atoms with Crippen LogP contribution in [0.5, 0.6) is 0 Å². The van der Waals surface area contributed by atoms with Crippen molar-refractivity contribution in [2.75, 3.05) is 23.7 Å². The van der Waals surface area contributed by atoms with Gasteiger partial charge in [0.15, 0.2) is 11.0 Å². The molecule has 1 aromatic heterocycles. The Bertz CT molecular complexity index is 372. The lowest BCUT2D eigenvalue weighted by atomic mass is 9.92. The number of piperidine rings is 1. The molecule has 0 spiro atoms. The quantitative estimate of drug-likeness (QED) is 0.765. The van der Waals surface area contributed by atoms with Gasteiger partial charge >= 0.3 is 0 Å². The van der Waals surface area contributed by atoms with Crippen LogP contribution in [0.1, 0.15) is 20.3 Å². The molecule has 1 aromatic rings. The summed E-state index contributed by atoms with van der Waals surface area (Å²) in [5, 5.41) is 0.343. The molecule has 0 aromatic carbocycles. The average Bonchev–Trinajstić information content (AvgIpc) is 2.20. The topological polar surface area (TPSA) is 55.0 Å². The number of aromatic nitrogens is 2. The Morgan fingerprint density at radius 2 is 1.94 bits per heavy atom. The second-order valence-electron chi connectivity index (χ2n) is 4.75. The molecule has 0 aliphatic carbocycles. The van der Waals surface area contributed by atoms with Gasteiger partial charge in [-0.05, 0) is 18.3 Å². The van der Waals surface area contributed by atoms with Crippen LogP contribution in [0.4, 0.5) is 11.5 Å². The van der Waals surface area contributed by atoms with Crippen molar-refractivity contribution in [1.29, 1.82) is 0 Å². The van der Waals surface area contributed by atoms with Crippen LogP contribution < -0.4 is 10.6 Å². The van der Waals surface area contributed by atoms with E-state index in [4.69, 9.17) is 17.3 Å². The first-order chi connectivity index (χ1) is 7.58. The Hall–Kier alpha value is -1.03. The zero-order valence-electron chi connectivity index (χ0n) is 9.65. The van der Waals surface area contributed by atoms with E-state index in [1.165, 1.54) is 12.7 Å². The van der Waals surface area contributed by atoms with Crippen molar-refractivity contribution < 1.29 is 0 Å². The summed E-state index contributed by atoms with van der Waals surface area (Å²) in [6.45, 7) is 6.48. The van der Waals surface area contributed by atoms with Crippen molar-refractivity contribution in [3.8, 4) is 0 Å². The Morgan fingerprint density at radius 3 is 2.56 bits per heavy atom. The third-order valence-corrected chi connectivity index (χ3v) is 3.28. The fourth-order valence-electron chi connectivity index (χ4n) is 2.45. The molecule has 2 unspecified atom stereocenters. The van der Waals surface area contributed by atoms with Gasteiger partial charge in [0.1, 0.15) is 12.0 Å². The highest BCUT2D eigenvalue weighted by molar-refractivity contribution is 6.32. The summed E-state index contributed by atoms with van der Waals surface area (Å²) >= 11 is 5.90. The van der Waals surface area contributed by atoms with Gasteiger partial charge in [-0.3, -0.25) is 0 Å². The maximum absolute atomic E-state index is 5.91. The van der Waals surface area contributed by atoms with Gasteiger partial charge in [0.25, 0.3) is 0 Å². The molecule has 2 atom stereocenters. The van der Waals surface area contributed by atoms with Crippen LogP contribution in [-0.4, -0.2) is 23.1 Å². The van der Waals surface area contributed by atoms with Gasteiger partial charge in [0.05, 0.1) is 0 Å². The molecule has 2 rings (SSSR count). The first-order valence-corrected chi connectivity index (χ1v) is 5.96. The lowest BCUT2D eigenvalue weighted by Gasteiger charge is -2.36. The molecule has 88 valence electrons. The van der Waals surface area contributed by atoms with Crippen LogP contribution in [0.15, 0.2) is 6.33 Å². The van der Waals surface area contributed by atoms with Gasteiger partial charge in [-0.15, -0.1) is 0 Å². The lowest BCUT2D eigenvalue weighted by Crippen LogP contribution is -2.39. The molecule has 1 fully saturated rings. The second-order valence-corrected chi connectivity index (χ2v) is 5.11. The zero-order valence-corrected chi connectivity index (χ0v) is 10.4. The SMILES string of the molecule is CC1CC(C)CN(c2ncnc(Cl)c2N)C1. The molecular weight excluding hydrogens is 224 g/mol. The van der Waals surface area contributed by atoms with Gasteiger partial charge in [-0.1, -0.05) is 25.4 Å². The maximum atomic E-state index is 5.91. The van der Waals surface area contributed by atoms with E-state index >= 15 is 0 Å². The molecule has 5 heteroatoms. The van der Waals surface area contributed by atoms with Gasteiger partial charge in [0, 0.05) is 13.1 Å². The summed E-state index contributed by atoms with van der Waals surface area (Å²) in [6, 6.07) is 0. The third kappa shape index (κ3) is 2.21. The molecule has 4 nitrogen and oxygen atoms in total. The summed E-state index contributed by atoms with van der Waals surface area (Å²) in [5.74, 6) is 2.10. The van der Waals surface area contributed by atoms with Crippen molar-refractivity contribution in [1.82, 2.24) is 9.97 Å². The van der Waals surface area contributed by atoms with Crippen LogP contribution in [0.3, 0.4) is 0 Å². The highest BCUT2D eigenvalue weighted by Crippen LogP contribution is 2.30. The van der Waals surface area contributed by atoms with E-state index in [0.29, 0.717) is 22.7 Å². The van der Waals surface area contributed by atoms with E-state index in [0.717, 1.165) is 18.9 Å². The van der Waals surface area contributed by atoms with E-state index < -0.39 is 0 Å². The molecule has 1 saturated heterocycles. The highest BCUT2D eigenvalue weighted by Gasteiger charge is 2.24. The number of halogens is 1. The van der Waals surface area contributed by atoms with Crippen molar-refractivity contribution in [3.05, 3.63) is 11.5 Å². The molecular formula is C11H17ClN4. The fourth-order valence-corrected chi connectivity index (χ4v) is 2.58. The summed E-state index contributed by atoms with van der Waals surface area (Å²) in [4.78, 5) is 10.3. The minimum absolute atomic E-state index is 0.343. The van der Waals surface area contributed by atoms with E-state index in [1.54, 1.807) is 0 Å². The van der Waals surface area contributed by atoms with Gasteiger partial charge in [-0.25, -0.2) is 9.97 Å². The number of nitrogen functional groups attached to an aromatic ring is 1. The van der Waals surface area contributed by atoms with Gasteiger partial charge < -0.3 is 10.6 Å². The largest absolute Gasteiger partial charge is 0.393 e. The smallest absolute Gasteiger partial charge is 0.157 e. The third-order valence-electron chi connectivity index (χ3n) is 2.98. The number of hydrogen-bond donors (Lipinski definition) is 1. The first kappa shape index (κ1) is 11.5. The molecule has 2 heterocycles. The van der Waals surface area contributed by atoms with Gasteiger partial charge in [0.2, 0.25) is 0 Å². The normalized spacial score (nSPS) is 25.8. The van der Waals surface area contributed by atoms with Crippen LogP contribution in [0.25, 0.3) is 0 Å². The number of anilines is 2. The Balaban J connectivity index is 2.26. The highest BCUT2D eigenvalue weighted by atomic mass is 35.5. The predicted molar refractivity (Wildman–Crippen MR) is 66.6 cm³/mol. The molecule has 0 radical (unpaired) electrons. The van der Waals surface area contributed by atoms with Crippen LogP contribution >= 0.6 is 11.6 Å². The van der Waals surface area contributed by atoms with Crippen molar-refractivity contribution in [2.24, 2.45) is 11.8 Å². The van der Waals surface area contributed by atoms with Crippen molar-refractivity contribution >= 4 is 23.1 Å². The standard InChI is InChI=1S/C11H17ClN4/c1-7-3-8(2)5-16(4-7)11-9(13)10(12)14-6-15-11/h6-8H,3-5,13H2,1-2H3. The maximum Gasteiger partial charge on any atom is 0.157 e. The molecule has 0 bridgehead atoms. The summed E-state index contributed by atoms with van der Waals surface area (Å²) in [7, 11) is 0. The minimum atomic E-state index is 0.343. The number of hydrogen-bond acceptors (Lipinski definition) is 4. The average molecular weight is 241 g/mol. The van der Waals surface area contributed by atoms with E-state index in [-0.39, 0.29) is 0 Å². The monoisotopic (exact) mass is 240 g/mol. The van der Waals surface area contributed by atoms with E-state index in [9.17, 15) is 0 Å². The number of nitrogens with zero attached hydrogens (tertiary/aromatic N) is 3. The molecule has 16 heavy (non-hydrogen) atoms. The summed E-state index contributed by atoms with van der Waals surface area (Å²) in [5.41, 5.74) is 6.40. The van der Waals surface area contributed by atoms with Crippen molar-refractivity contribution in [2.45, 2.75) is 20.3 Å². The summed E-state index contributed by atoms with van der Waals surface area (Å²) < 4.78 is 0. The summed E-state index contributed by atoms with van der Waals surface area (Å²) in [6.07, 6.45) is 2.73. The minimum Gasteiger partial charge on any atom is -0.393 e. The van der Waals surface area contributed by atoms with E-state index in [1.807, 2.05) is 0 Å². The van der Waals surface area contributed by atoms with Crippen LogP contribution in [-0.2, 0) is 0 Å². The Labute approximate surface area is 101 Å². The lowest BCUT2D eigenvalue weighted by molar-refractivity contribution is 0.355. The second kappa shape index (κ2) is 4.45. The molecule has 2 N–H and O–H groups in total. The van der Waals surface area contributed by atoms with Crippen molar-refractivity contribution in [3.63, 3.8) is 0 Å². The van der Waals surface area contributed by atoms with Crippen LogP contribution in [0, 0.1) is 11.8 Å².